The van der Waals surface area contributed by atoms with Crippen LogP contribution in [0.1, 0.15) is 28.4 Å². The number of nitrogens with one attached hydrogen (secondary N) is 1. The first-order valence-electron chi connectivity index (χ1n) is 11.9. The van der Waals surface area contributed by atoms with E-state index in [4.69, 9.17) is 19.9 Å². The van der Waals surface area contributed by atoms with Crippen LogP contribution in [0.15, 0.2) is 53.3 Å². The molecule has 188 valence electrons. The maximum atomic E-state index is 13.0. The molecule has 3 aromatic rings. The number of carbonyl (C=O) groups excluding carboxylic acids is 1. The van der Waals surface area contributed by atoms with Gasteiger partial charge in [-0.05, 0) is 36.6 Å². The van der Waals surface area contributed by atoms with Gasteiger partial charge in [-0.3, -0.25) is 9.59 Å². The van der Waals surface area contributed by atoms with Crippen molar-refractivity contribution in [3.05, 3.63) is 70.1 Å². The van der Waals surface area contributed by atoms with Gasteiger partial charge < -0.3 is 34.7 Å². The Morgan fingerprint density at radius 3 is 2.39 bits per heavy atom. The fraction of sp³-hybridized carbons (Fsp3) is 0.333. The number of amides is 1. The van der Waals surface area contributed by atoms with Gasteiger partial charge in [-0.25, -0.2) is 0 Å². The maximum Gasteiger partial charge on any atom is 0.255 e. The summed E-state index contributed by atoms with van der Waals surface area (Å²) in [6.07, 6.45) is 1.06. The van der Waals surface area contributed by atoms with E-state index in [1.165, 1.54) is 21.3 Å². The van der Waals surface area contributed by atoms with Crippen LogP contribution in [0.4, 0.5) is 17.1 Å². The lowest BCUT2D eigenvalue weighted by atomic mass is 9.83. The van der Waals surface area contributed by atoms with Gasteiger partial charge in [-0.1, -0.05) is 6.07 Å². The van der Waals surface area contributed by atoms with Crippen LogP contribution < -0.4 is 35.7 Å². The molecule has 2 aliphatic heterocycles. The molecule has 1 fully saturated rings. The molecular weight excluding hydrogens is 460 g/mol. The summed E-state index contributed by atoms with van der Waals surface area (Å²) in [6.45, 7) is 2.32. The highest BCUT2D eigenvalue weighted by Crippen LogP contribution is 2.41. The summed E-state index contributed by atoms with van der Waals surface area (Å²) >= 11 is 0. The number of piperidine rings is 1. The zero-order chi connectivity index (χ0) is 25.4. The summed E-state index contributed by atoms with van der Waals surface area (Å²) in [5, 5.41) is 2.88. The largest absolute Gasteiger partial charge is 0.493 e. The molecule has 0 aliphatic carbocycles. The average molecular weight is 491 g/mol. The van der Waals surface area contributed by atoms with Crippen molar-refractivity contribution in [1.29, 1.82) is 0 Å². The Bertz CT molecular complexity index is 1340. The summed E-state index contributed by atoms with van der Waals surface area (Å²) in [4.78, 5) is 27.6. The monoisotopic (exact) mass is 490 g/mol. The molecule has 1 saturated heterocycles. The Kier molecular flexibility index (Phi) is 6.22. The molecule has 5 rings (SSSR count). The molecule has 0 radical (unpaired) electrons. The minimum atomic E-state index is -0.300. The molecule has 9 heteroatoms. The number of ether oxygens (including phenoxy) is 3. The van der Waals surface area contributed by atoms with Crippen LogP contribution in [-0.2, 0) is 6.54 Å². The molecule has 2 unspecified atom stereocenters. The summed E-state index contributed by atoms with van der Waals surface area (Å²) in [6, 6.07) is 14.2. The van der Waals surface area contributed by atoms with E-state index in [9.17, 15) is 9.59 Å². The van der Waals surface area contributed by atoms with Crippen molar-refractivity contribution in [1.82, 2.24) is 4.57 Å². The quantitative estimate of drug-likeness (QED) is 0.510. The number of hydrogen-bond acceptors (Lipinski definition) is 7. The third kappa shape index (κ3) is 4.21. The highest BCUT2D eigenvalue weighted by atomic mass is 16.5. The molecule has 1 aromatic heterocycles. The molecule has 3 N–H and O–H groups in total. The summed E-state index contributed by atoms with van der Waals surface area (Å²) in [5.74, 6) is 1.69. The Morgan fingerprint density at radius 2 is 1.72 bits per heavy atom. The van der Waals surface area contributed by atoms with Gasteiger partial charge in [0.05, 0.1) is 32.7 Å². The number of anilines is 3. The van der Waals surface area contributed by atoms with E-state index in [2.05, 4.69) is 10.2 Å². The Labute approximate surface area is 209 Å². The molecule has 1 amide bonds. The number of benzene rings is 2. The molecule has 2 aromatic carbocycles. The van der Waals surface area contributed by atoms with Crippen LogP contribution in [0.25, 0.3) is 0 Å². The first-order chi connectivity index (χ1) is 17.4. The van der Waals surface area contributed by atoms with Gasteiger partial charge in [0.2, 0.25) is 5.75 Å². The number of fused-ring (bicyclic) bond motifs is 4. The van der Waals surface area contributed by atoms with Crippen LogP contribution in [0.2, 0.25) is 0 Å². The molecule has 0 spiro atoms. The van der Waals surface area contributed by atoms with Gasteiger partial charge in [0.1, 0.15) is 0 Å². The van der Waals surface area contributed by atoms with Gasteiger partial charge in [0.25, 0.3) is 11.5 Å². The Balaban J connectivity index is 1.35. The third-order valence-corrected chi connectivity index (χ3v) is 7.03. The van der Waals surface area contributed by atoms with E-state index in [0.29, 0.717) is 40.1 Å². The SMILES string of the molecule is COc1cc(NC(=O)c2ccc(N3CC4CC(C3)c3cccc(=O)n3C4)c(N)c2)cc(OC)c1OC. The minimum absolute atomic E-state index is 0.0672. The molecule has 9 nitrogen and oxygen atoms in total. The lowest BCUT2D eigenvalue weighted by Gasteiger charge is -2.44. The first kappa shape index (κ1) is 23.6. The minimum Gasteiger partial charge on any atom is -0.493 e. The summed E-state index contributed by atoms with van der Waals surface area (Å²) in [5.41, 5.74) is 10.00. The van der Waals surface area contributed by atoms with Crippen molar-refractivity contribution in [3.63, 3.8) is 0 Å². The number of methoxy groups -OCH3 is 3. The van der Waals surface area contributed by atoms with Crippen molar-refractivity contribution >= 4 is 23.0 Å². The van der Waals surface area contributed by atoms with E-state index in [1.54, 1.807) is 30.3 Å². The summed E-state index contributed by atoms with van der Waals surface area (Å²) < 4.78 is 18.0. The second-order valence-electron chi connectivity index (χ2n) is 9.24. The van der Waals surface area contributed by atoms with Crippen LogP contribution in [0, 0.1) is 5.92 Å². The topological polar surface area (TPSA) is 108 Å². The number of aromatic nitrogens is 1. The molecule has 3 heterocycles. The standard InChI is InChI=1S/C27H30N4O5/c1-34-23-11-19(12-24(35-2)26(23)36-3)29-27(33)17-7-8-22(20(28)10-17)30-13-16-9-18(15-30)21-5-4-6-25(32)31(21)14-16/h4-8,10-12,16,18H,9,13-15,28H2,1-3H3,(H,29,33). The number of nitrogens with zero attached hydrogens (tertiary/aromatic N) is 2. The first-order valence-corrected chi connectivity index (χ1v) is 11.9. The van der Waals surface area contributed by atoms with Crippen molar-refractivity contribution < 1.29 is 19.0 Å². The van der Waals surface area contributed by atoms with Crippen LogP contribution in [-0.4, -0.2) is 44.9 Å². The predicted octanol–water partition coefficient (Wildman–Crippen LogP) is 3.33. The Hall–Kier alpha value is -4.14. The number of nitrogen functional groups attached to an aromatic ring is 1. The van der Waals surface area contributed by atoms with Crippen molar-refractivity contribution in [2.24, 2.45) is 5.92 Å². The van der Waals surface area contributed by atoms with Crippen LogP contribution in [0.5, 0.6) is 17.2 Å². The van der Waals surface area contributed by atoms with Crippen LogP contribution >= 0.6 is 0 Å². The van der Waals surface area contributed by atoms with Gasteiger partial charge in [0, 0.05) is 60.7 Å². The molecule has 2 bridgehead atoms. The number of carbonyl (C=O) groups is 1. The number of nitrogens with two attached hydrogens (primary N) is 1. The Morgan fingerprint density at radius 1 is 0.972 bits per heavy atom. The molecule has 0 saturated carbocycles. The highest BCUT2D eigenvalue weighted by Gasteiger charge is 2.35. The van der Waals surface area contributed by atoms with Crippen LogP contribution in [0.3, 0.4) is 0 Å². The highest BCUT2D eigenvalue weighted by molar-refractivity contribution is 6.05. The smallest absolute Gasteiger partial charge is 0.255 e. The average Bonchev–Trinajstić information content (AvgIpc) is 2.88. The summed E-state index contributed by atoms with van der Waals surface area (Å²) in [7, 11) is 4.57. The van der Waals surface area contributed by atoms with E-state index >= 15 is 0 Å². The van der Waals surface area contributed by atoms with Crippen molar-refractivity contribution in [2.75, 3.05) is 50.4 Å². The van der Waals surface area contributed by atoms with E-state index in [1.807, 2.05) is 22.8 Å². The second-order valence-corrected chi connectivity index (χ2v) is 9.24. The van der Waals surface area contributed by atoms with Gasteiger partial charge in [-0.15, -0.1) is 0 Å². The number of rotatable bonds is 6. The lowest BCUT2D eigenvalue weighted by Crippen LogP contribution is -2.47. The fourth-order valence-electron chi connectivity index (χ4n) is 5.43. The zero-order valence-corrected chi connectivity index (χ0v) is 20.6. The van der Waals surface area contributed by atoms with Gasteiger partial charge in [0.15, 0.2) is 11.5 Å². The number of hydrogen-bond donors (Lipinski definition) is 2. The molecule has 36 heavy (non-hydrogen) atoms. The molecular formula is C27H30N4O5. The maximum absolute atomic E-state index is 13.0. The van der Waals surface area contributed by atoms with E-state index in [-0.39, 0.29) is 17.4 Å². The third-order valence-electron chi connectivity index (χ3n) is 7.03. The normalized spacial score (nSPS) is 18.2. The number of pyridine rings is 1. The lowest BCUT2D eigenvalue weighted by molar-refractivity contribution is 0.102. The van der Waals surface area contributed by atoms with E-state index in [0.717, 1.165) is 37.4 Å². The van der Waals surface area contributed by atoms with Crippen molar-refractivity contribution in [2.45, 2.75) is 18.9 Å². The second kappa shape index (κ2) is 9.49. The fourth-order valence-corrected chi connectivity index (χ4v) is 5.43. The molecule has 2 atom stereocenters. The van der Waals surface area contributed by atoms with Gasteiger partial charge in [-0.2, -0.15) is 0 Å². The molecule has 2 aliphatic rings. The van der Waals surface area contributed by atoms with Crippen molar-refractivity contribution in [3.8, 4) is 17.2 Å². The predicted molar refractivity (Wildman–Crippen MR) is 139 cm³/mol. The van der Waals surface area contributed by atoms with Gasteiger partial charge >= 0.3 is 0 Å². The van der Waals surface area contributed by atoms with E-state index < -0.39 is 0 Å². The zero-order valence-electron chi connectivity index (χ0n) is 20.6.